The van der Waals surface area contributed by atoms with Crippen molar-refractivity contribution in [1.82, 2.24) is 4.90 Å². The van der Waals surface area contributed by atoms with Crippen LogP contribution in [0.4, 0.5) is 0 Å². The van der Waals surface area contributed by atoms with Gasteiger partial charge in [0.2, 0.25) is 0 Å². The molecule has 37 heavy (non-hydrogen) atoms. The number of carbonyl (C=O) groups excluding carboxylic acids is 1. The molecule has 0 radical (unpaired) electrons. The van der Waals surface area contributed by atoms with Crippen LogP contribution in [0, 0.1) is 0 Å². The molecule has 0 bridgehead atoms. The number of hydrogen-bond acceptors (Lipinski definition) is 3. The zero-order valence-corrected chi connectivity index (χ0v) is 26.1. The van der Waals surface area contributed by atoms with Gasteiger partial charge in [-0.15, -0.1) is 0 Å². The van der Waals surface area contributed by atoms with Crippen molar-refractivity contribution < 1.29 is 28.8 Å². The number of nitrogens with zero attached hydrogens (tertiary/aromatic N) is 1. The third-order valence-corrected chi connectivity index (χ3v) is 7.99. The van der Waals surface area contributed by atoms with E-state index in [2.05, 4.69) is 25.7 Å². The molecule has 0 aliphatic rings. The number of carbonyl (C=O) groups is 1. The fourth-order valence-corrected chi connectivity index (χ4v) is 5.51. The SMILES string of the molecule is CCCCCCCCCCCCCCN(CCCCCCCCCCCCCC)C(CC)CC(=O)[O-].[Li+]. The second kappa shape index (κ2) is 32.2. The van der Waals surface area contributed by atoms with Gasteiger partial charge in [0, 0.05) is 18.4 Å². The van der Waals surface area contributed by atoms with Gasteiger partial charge in [0.05, 0.1) is 0 Å². The summed E-state index contributed by atoms with van der Waals surface area (Å²) in [5, 5.41) is 11.3. The number of hydrogen-bond donors (Lipinski definition) is 0. The van der Waals surface area contributed by atoms with E-state index in [0.717, 1.165) is 19.5 Å². The Morgan fingerprint density at radius 2 is 0.784 bits per heavy atom. The summed E-state index contributed by atoms with van der Waals surface area (Å²) in [5.41, 5.74) is 0. The van der Waals surface area contributed by atoms with Crippen LogP contribution in [0.1, 0.15) is 188 Å². The van der Waals surface area contributed by atoms with Crippen LogP contribution in [0.25, 0.3) is 0 Å². The molecule has 0 saturated carbocycles. The first-order valence-electron chi connectivity index (χ1n) is 16.6. The van der Waals surface area contributed by atoms with Crippen molar-refractivity contribution in [2.24, 2.45) is 0 Å². The molecule has 3 nitrogen and oxygen atoms in total. The molecule has 0 aliphatic heterocycles. The van der Waals surface area contributed by atoms with E-state index in [1.165, 1.54) is 154 Å². The zero-order chi connectivity index (χ0) is 26.5. The molecule has 4 heteroatoms. The topological polar surface area (TPSA) is 43.4 Å². The second-order valence-corrected chi connectivity index (χ2v) is 11.5. The van der Waals surface area contributed by atoms with E-state index in [1.807, 2.05) is 0 Å². The average Bonchev–Trinajstić information content (AvgIpc) is 2.87. The van der Waals surface area contributed by atoms with Gasteiger partial charge in [-0.3, -0.25) is 0 Å². The largest absolute Gasteiger partial charge is 1.00 e. The Hall–Kier alpha value is 0.0274. The van der Waals surface area contributed by atoms with Crippen molar-refractivity contribution in [3.05, 3.63) is 0 Å². The normalized spacial score (nSPS) is 12.1. The number of carboxylic acids is 1. The van der Waals surface area contributed by atoms with E-state index in [4.69, 9.17) is 0 Å². The minimum atomic E-state index is -0.892. The van der Waals surface area contributed by atoms with Gasteiger partial charge in [0.1, 0.15) is 0 Å². The molecule has 0 spiro atoms. The summed E-state index contributed by atoms with van der Waals surface area (Å²) in [4.78, 5) is 13.8. The van der Waals surface area contributed by atoms with Crippen molar-refractivity contribution in [2.45, 2.75) is 194 Å². The quantitative estimate of drug-likeness (QED) is 0.0798. The van der Waals surface area contributed by atoms with Gasteiger partial charge >= 0.3 is 18.9 Å². The molecule has 0 aromatic heterocycles. The van der Waals surface area contributed by atoms with Gasteiger partial charge in [-0.1, -0.05) is 162 Å². The second-order valence-electron chi connectivity index (χ2n) is 11.5. The smallest absolute Gasteiger partial charge is 0.550 e. The molecule has 0 aromatic rings. The van der Waals surface area contributed by atoms with Crippen molar-refractivity contribution in [1.29, 1.82) is 0 Å². The molecule has 0 amide bonds. The standard InChI is InChI=1S/C33H67NO2.Li/c1-4-7-9-11-13-15-17-19-21-23-25-27-29-34(32(6-3)31-33(35)36)30-28-26-24-22-20-18-16-14-12-10-8-5-2;/h32H,4-31H2,1-3H3,(H,35,36);/q;+1/p-1. The molecular weight excluding hydrogens is 449 g/mol. The molecule has 0 fully saturated rings. The van der Waals surface area contributed by atoms with Crippen LogP contribution in [0.15, 0.2) is 0 Å². The van der Waals surface area contributed by atoms with E-state index in [1.54, 1.807) is 0 Å². The molecule has 1 unspecified atom stereocenters. The summed E-state index contributed by atoms with van der Waals surface area (Å²) in [7, 11) is 0. The number of carboxylic acid groups (broad SMARTS) is 1. The van der Waals surface area contributed by atoms with Gasteiger partial charge in [-0.05, 0) is 32.4 Å². The van der Waals surface area contributed by atoms with E-state index in [-0.39, 0.29) is 31.3 Å². The van der Waals surface area contributed by atoms with Crippen molar-refractivity contribution in [3.63, 3.8) is 0 Å². The van der Waals surface area contributed by atoms with Gasteiger partial charge in [-0.2, -0.15) is 0 Å². The van der Waals surface area contributed by atoms with E-state index < -0.39 is 5.97 Å². The monoisotopic (exact) mass is 516 g/mol. The van der Waals surface area contributed by atoms with Gasteiger partial charge < -0.3 is 14.8 Å². The molecule has 216 valence electrons. The van der Waals surface area contributed by atoms with Gasteiger partial charge in [0.25, 0.3) is 0 Å². The summed E-state index contributed by atoms with van der Waals surface area (Å²) in [5.74, 6) is -0.892. The average molecular weight is 516 g/mol. The minimum absolute atomic E-state index is 0. The zero-order valence-electron chi connectivity index (χ0n) is 26.1. The Morgan fingerprint density at radius 3 is 1.03 bits per heavy atom. The molecule has 0 aromatic carbocycles. The Kier molecular flexibility index (Phi) is 34.1. The van der Waals surface area contributed by atoms with Crippen LogP contribution in [0.3, 0.4) is 0 Å². The van der Waals surface area contributed by atoms with Crippen molar-refractivity contribution in [3.8, 4) is 0 Å². The Balaban J connectivity index is 0. The molecule has 0 rings (SSSR count). The molecule has 0 aliphatic carbocycles. The van der Waals surface area contributed by atoms with Crippen LogP contribution < -0.4 is 24.0 Å². The number of aliphatic carboxylic acids is 1. The summed E-state index contributed by atoms with van der Waals surface area (Å²) >= 11 is 0. The van der Waals surface area contributed by atoms with E-state index in [9.17, 15) is 9.90 Å². The van der Waals surface area contributed by atoms with Crippen LogP contribution in [-0.2, 0) is 4.79 Å². The first kappa shape index (κ1) is 39.2. The minimum Gasteiger partial charge on any atom is -0.550 e. The molecule has 0 heterocycles. The first-order valence-corrected chi connectivity index (χ1v) is 16.6. The van der Waals surface area contributed by atoms with Crippen molar-refractivity contribution >= 4 is 5.97 Å². The van der Waals surface area contributed by atoms with Crippen LogP contribution in [-0.4, -0.2) is 30.0 Å². The van der Waals surface area contributed by atoms with Crippen molar-refractivity contribution in [2.75, 3.05) is 13.1 Å². The van der Waals surface area contributed by atoms with E-state index >= 15 is 0 Å². The predicted molar refractivity (Wildman–Crippen MR) is 157 cm³/mol. The fraction of sp³-hybridized carbons (Fsp3) is 0.970. The molecule has 0 saturated heterocycles. The number of rotatable bonds is 30. The predicted octanol–water partition coefficient (Wildman–Crippen LogP) is 6.61. The Labute approximate surface area is 245 Å². The fourth-order valence-electron chi connectivity index (χ4n) is 5.51. The molecule has 0 N–H and O–H groups in total. The third kappa shape index (κ3) is 28.8. The Morgan fingerprint density at radius 1 is 0.514 bits per heavy atom. The summed E-state index contributed by atoms with van der Waals surface area (Å²) in [6.07, 6.45) is 33.9. The first-order chi connectivity index (χ1) is 17.7. The molecule has 1 atom stereocenters. The van der Waals surface area contributed by atoms with Crippen LogP contribution in [0.2, 0.25) is 0 Å². The maximum Gasteiger partial charge on any atom is 1.00 e. The maximum absolute atomic E-state index is 11.3. The summed E-state index contributed by atoms with van der Waals surface area (Å²) < 4.78 is 0. The van der Waals surface area contributed by atoms with Gasteiger partial charge in [0.15, 0.2) is 0 Å². The van der Waals surface area contributed by atoms with Crippen LogP contribution >= 0.6 is 0 Å². The van der Waals surface area contributed by atoms with Gasteiger partial charge in [-0.25, -0.2) is 0 Å². The van der Waals surface area contributed by atoms with E-state index in [0.29, 0.717) is 0 Å². The molecular formula is C33H66LiNO2. The Bertz CT molecular complexity index is 418. The number of unbranched alkanes of at least 4 members (excludes halogenated alkanes) is 22. The van der Waals surface area contributed by atoms with Crippen LogP contribution in [0.5, 0.6) is 0 Å². The maximum atomic E-state index is 11.3. The summed E-state index contributed by atoms with van der Waals surface area (Å²) in [6.45, 7) is 8.81. The summed E-state index contributed by atoms with van der Waals surface area (Å²) in [6, 6.07) is 0.149. The third-order valence-electron chi connectivity index (χ3n) is 7.99.